The van der Waals surface area contributed by atoms with Crippen LogP contribution < -0.4 is 10.0 Å². The molecule has 1 saturated heterocycles. The van der Waals surface area contributed by atoms with Gasteiger partial charge in [0.2, 0.25) is 10.0 Å². The van der Waals surface area contributed by atoms with Gasteiger partial charge >= 0.3 is 0 Å². The Hall–Kier alpha value is -1.44. The van der Waals surface area contributed by atoms with Gasteiger partial charge in [0, 0.05) is 6.54 Å². The number of ether oxygens (including phenoxy) is 1. The third kappa shape index (κ3) is 4.59. The molecule has 110 valence electrons. The van der Waals surface area contributed by atoms with Crippen molar-refractivity contribution in [3.8, 4) is 0 Å². The summed E-state index contributed by atoms with van der Waals surface area (Å²) in [6.07, 6.45) is 1.34. The SMILES string of the molecule is CS(=O)(=O)NC(=O)[C@@H]1C[C@@H](OCc2ccccc2)CN1. The van der Waals surface area contributed by atoms with Crippen molar-refractivity contribution in [2.45, 2.75) is 25.2 Å². The number of sulfonamides is 1. The van der Waals surface area contributed by atoms with Crippen molar-refractivity contribution < 1.29 is 17.9 Å². The molecule has 1 aliphatic heterocycles. The third-order valence-electron chi connectivity index (χ3n) is 3.02. The number of carbonyl (C=O) groups is 1. The van der Waals surface area contributed by atoms with Crippen LogP contribution in [0.5, 0.6) is 0 Å². The summed E-state index contributed by atoms with van der Waals surface area (Å²) in [5, 5.41) is 2.96. The summed E-state index contributed by atoms with van der Waals surface area (Å²) in [5.74, 6) is -0.529. The molecular weight excluding hydrogens is 280 g/mol. The molecule has 2 atom stereocenters. The Bertz CT molecular complexity index is 559. The van der Waals surface area contributed by atoms with Crippen LogP contribution in [0, 0.1) is 0 Å². The predicted molar refractivity (Wildman–Crippen MR) is 74.4 cm³/mol. The molecule has 1 heterocycles. The van der Waals surface area contributed by atoms with Gasteiger partial charge in [-0.2, -0.15) is 0 Å². The monoisotopic (exact) mass is 298 g/mol. The Morgan fingerprint density at radius 1 is 1.40 bits per heavy atom. The van der Waals surface area contributed by atoms with Gasteiger partial charge in [0.05, 0.1) is 25.0 Å². The molecule has 7 heteroatoms. The number of benzene rings is 1. The highest BCUT2D eigenvalue weighted by Gasteiger charge is 2.31. The second kappa shape index (κ2) is 6.34. The number of hydrogen-bond donors (Lipinski definition) is 2. The van der Waals surface area contributed by atoms with E-state index in [0.29, 0.717) is 19.6 Å². The van der Waals surface area contributed by atoms with E-state index in [9.17, 15) is 13.2 Å². The van der Waals surface area contributed by atoms with Crippen LogP contribution in [0.3, 0.4) is 0 Å². The molecule has 0 radical (unpaired) electrons. The van der Waals surface area contributed by atoms with Crippen LogP contribution in [0.25, 0.3) is 0 Å². The number of nitrogens with one attached hydrogen (secondary N) is 2. The quantitative estimate of drug-likeness (QED) is 0.800. The highest BCUT2D eigenvalue weighted by atomic mass is 32.2. The molecule has 1 amide bonds. The average molecular weight is 298 g/mol. The van der Waals surface area contributed by atoms with Gasteiger partial charge in [-0.05, 0) is 12.0 Å². The smallest absolute Gasteiger partial charge is 0.250 e. The molecule has 0 saturated carbocycles. The zero-order valence-electron chi connectivity index (χ0n) is 11.2. The second-order valence-electron chi connectivity index (χ2n) is 4.85. The lowest BCUT2D eigenvalue weighted by molar-refractivity contribution is -0.121. The van der Waals surface area contributed by atoms with E-state index in [1.807, 2.05) is 35.1 Å². The molecule has 0 spiro atoms. The highest BCUT2D eigenvalue weighted by Crippen LogP contribution is 2.13. The Labute approximate surface area is 118 Å². The molecular formula is C13H18N2O4S. The molecule has 1 aliphatic rings. The fourth-order valence-electron chi connectivity index (χ4n) is 2.07. The molecule has 1 aromatic carbocycles. The van der Waals surface area contributed by atoms with E-state index in [1.165, 1.54) is 0 Å². The van der Waals surface area contributed by atoms with E-state index in [2.05, 4.69) is 5.32 Å². The lowest BCUT2D eigenvalue weighted by Crippen LogP contribution is -2.42. The molecule has 0 aliphatic carbocycles. The Morgan fingerprint density at radius 2 is 2.10 bits per heavy atom. The lowest BCUT2D eigenvalue weighted by atomic mass is 10.2. The molecule has 2 rings (SSSR count). The van der Waals surface area contributed by atoms with Crippen LogP contribution >= 0.6 is 0 Å². The van der Waals surface area contributed by atoms with E-state index in [4.69, 9.17) is 4.74 Å². The summed E-state index contributed by atoms with van der Waals surface area (Å²) in [7, 11) is -3.51. The fraction of sp³-hybridized carbons (Fsp3) is 0.462. The topological polar surface area (TPSA) is 84.5 Å². The van der Waals surface area contributed by atoms with Gasteiger partial charge < -0.3 is 10.1 Å². The van der Waals surface area contributed by atoms with Crippen LogP contribution in [0.1, 0.15) is 12.0 Å². The van der Waals surface area contributed by atoms with Crippen molar-refractivity contribution in [3.05, 3.63) is 35.9 Å². The molecule has 6 nitrogen and oxygen atoms in total. The summed E-state index contributed by atoms with van der Waals surface area (Å²) in [6, 6.07) is 9.23. The first kappa shape index (κ1) is 15.0. The summed E-state index contributed by atoms with van der Waals surface area (Å²) in [6.45, 7) is 1.02. The van der Waals surface area contributed by atoms with Crippen LogP contribution in [0.4, 0.5) is 0 Å². The molecule has 0 bridgehead atoms. The van der Waals surface area contributed by atoms with Crippen LogP contribution in [-0.4, -0.2) is 39.3 Å². The Kier molecular flexibility index (Phi) is 4.74. The minimum absolute atomic E-state index is 0.0921. The van der Waals surface area contributed by atoms with Gasteiger partial charge in [0.25, 0.3) is 5.91 Å². The normalized spacial score (nSPS) is 22.6. The van der Waals surface area contributed by atoms with Gasteiger partial charge in [-0.3, -0.25) is 9.52 Å². The van der Waals surface area contributed by atoms with Crippen LogP contribution in [0.15, 0.2) is 30.3 Å². The minimum atomic E-state index is -3.51. The highest BCUT2D eigenvalue weighted by molar-refractivity contribution is 7.89. The van der Waals surface area contributed by atoms with Gasteiger partial charge in [0.15, 0.2) is 0 Å². The molecule has 1 fully saturated rings. The number of hydrogen-bond acceptors (Lipinski definition) is 5. The maximum atomic E-state index is 11.7. The maximum absolute atomic E-state index is 11.7. The summed E-state index contributed by atoms with van der Waals surface area (Å²) in [5.41, 5.74) is 1.07. The van der Waals surface area contributed by atoms with Gasteiger partial charge in [-0.25, -0.2) is 8.42 Å². The summed E-state index contributed by atoms with van der Waals surface area (Å²) < 4.78 is 29.7. The van der Waals surface area contributed by atoms with Gasteiger partial charge in [-0.1, -0.05) is 30.3 Å². The third-order valence-corrected chi connectivity index (χ3v) is 3.59. The van der Waals surface area contributed by atoms with E-state index < -0.39 is 22.0 Å². The van der Waals surface area contributed by atoms with E-state index in [0.717, 1.165) is 11.8 Å². The van der Waals surface area contributed by atoms with Crippen LogP contribution in [0.2, 0.25) is 0 Å². The molecule has 0 aromatic heterocycles. The van der Waals surface area contributed by atoms with Crippen molar-refractivity contribution in [1.29, 1.82) is 0 Å². The van der Waals surface area contributed by atoms with Gasteiger partial charge in [0.1, 0.15) is 0 Å². The maximum Gasteiger partial charge on any atom is 0.250 e. The average Bonchev–Trinajstić information content (AvgIpc) is 2.84. The number of carbonyl (C=O) groups excluding carboxylic acids is 1. The minimum Gasteiger partial charge on any atom is -0.372 e. The largest absolute Gasteiger partial charge is 0.372 e. The van der Waals surface area contributed by atoms with E-state index >= 15 is 0 Å². The van der Waals surface area contributed by atoms with Crippen molar-refractivity contribution >= 4 is 15.9 Å². The van der Waals surface area contributed by atoms with E-state index in [1.54, 1.807) is 0 Å². The van der Waals surface area contributed by atoms with Crippen molar-refractivity contribution in [2.24, 2.45) is 0 Å². The molecule has 2 N–H and O–H groups in total. The number of rotatable bonds is 5. The van der Waals surface area contributed by atoms with Crippen LogP contribution in [-0.2, 0) is 26.2 Å². The molecule has 20 heavy (non-hydrogen) atoms. The standard InChI is InChI=1S/C13H18N2O4S/c1-20(17,18)15-13(16)12-7-11(8-14-12)19-9-10-5-3-2-4-6-10/h2-6,11-12,14H,7-9H2,1H3,(H,15,16)/t11-,12+/m1/s1. The van der Waals surface area contributed by atoms with E-state index in [-0.39, 0.29) is 6.10 Å². The zero-order valence-corrected chi connectivity index (χ0v) is 12.0. The molecule has 1 aromatic rings. The predicted octanol–water partition coefficient (Wildman–Crippen LogP) is 0.00950. The van der Waals surface area contributed by atoms with Gasteiger partial charge in [-0.15, -0.1) is 0 Å². The van der Waals surface area contributed by atoms with Crippen molar-refractivity contribution in [2.75, 3.05) is 12.8 Å². The first-order valence-corrected chi connectivity index (χ1v) is 8.24. The van der Waals surface area contributed by atoms with Crippen molar-refractivity contribution in [1.82, 2.24) is 10.0 Å². The fourth-order valence-corrected chi connectivity index (χ4v) is 2.58. The zero-order chi connectivity index (χ0) is 14.6. The first-order valence-electron chi connectivity index (χ1n) is 6.34. The van der Waals surface area contributed by atoms with Crippen molar-refractivity contribution in [3.63, 3.8) is 0 Å². The Balaban J connectivity index is 1.79. The Morgan fingerprint density at radius 3 is 2.75 bits per heavy atom. The lowest BCUT2D eigenvalue weighted by Gasteiger charge is -2.11. The summed E-state index contributed by atoms with van der Waals surface area (Å²) >= 11 is 0. The second-order valence-corrected chi connectivity index (χ2v) is 6.60. The number of amides is 1. The first-order chi connectivity index (χ1) is 9.44. The molecule has 0 unspecified atom stereocenters. The summed E-state index contributed by atoms with van der Waals surface area (Å²) in [4.78, 5) is 11.7.